The van der Waals surface area contributed by atoms with Gasteiger partial charge in [0.15, 0.2) is 0 Å². The molecule has 1 aromatic heterocycles. The Morgan fingerprint density at radius 3 is 2.90 bits per heavy atom. The quantitative estimate of drug-likeness (QED) is 0.896. The number of nitrogens with one attached hydrogen (secondary N) is 1. The minimum absolute atomic E-state index is 0.102. The van der Waals surface area contributed by atoms with Gasteiger partial charge in [-0.05, 0) is 38.8 Å². The van der Waals surface area contributed by atoms with E-state index in [9.17, 15) is 4.79 Å². The van der Waals surface area contributed by atoms with Crippen LogP contribution in [0.3, 0.4) is 0 Å². The number of aromatic amines is 1. The molecule has 0 amide bonds. The summed E-state index contributed by atoms with van der Waals surface area (Å²) < 4.78 is 5.07. The third-order valence-electron chi connectivity index (χ3n) is 4.44. The molecule has 0 aromatic carbocycles. The number of ether oxygens (including phenoxy) is 1. The summed E-state index contributed by atoms with van der Waals surface area (Å²) in [7, 11) is 1.61. The van der Waals surface area contributed by atoms with Gasteiger partial charge in [-0.15, -0.1) is 0 Å². The second-order valence-electron chi connectivity index (χ2n) is 5.97. The maximum Gasteiger partial charge on any atom is 0.253 e. The van der Waals surface area contributed by atoms with Gasteiger partial charge < -0.3 is 14.6 Å². The van der Waals surface area contributed by atoms with Gasteiger partial charge in [0.25, 0.3) is 5.56 Å². The van der Waals surface area contributed by atoms with Crippen LogP contribution in [-0.2, 0) is 11.3 Å². The zero-order valence-electron chi connectivity index (χ0n) is 12.7. The van der Waals surface area contributed by atoms with Gasteiger partial charge in [-0.1, -0.05) is 0 Å². The number of piperidine rings is 1. The smallest absolute Gasteiger partial charge is 0.253 e. The van der Waals surface area contributed by atoms with Crippen LogP contribution in [0.25, 0.3) is 0 Å². The van der Waals surface area contributed by atoms with E-state index in [1.807, 2.05) is 0 Å². The lowest BCUT2D eigenvalue weighted by Gasteiger charge is -2.38. The van der Waals surface area contributed by atoms with E-state index in [0.717, 1.165) is 25.3 Å². The molecule has 6 heteroatoms. The van der Waals surface area contributed by atoms with Crippen LogP contribution < -0.4 is 10.5 Å². The average molecular weight is 292 g/mol. The van der Waals surface area contributed by atoms with Gasteiger partial charge in [0.2, 0.25) is 0 Å². The second-order valence-corrected chi connectivity index (χ2v) is 5.97. The first-order valence-corrected chi connectivity index (χ1v) is 7.84. The van der Waals surface area contributed by atoms with Crippen molar-refractivity contribution in [2.24, 2.45) is 0 Å². The predicted molar refractivity (Wildman–Crippen MR) is 81.6 cm³/mol. The molecule has 3 rings (SSSR count). The molecule has 1 aromatic rings. The SMILES string of the molecule is COCc1nc(N2CCCC(N3CCCC3)C2)cc(=O)[nH]1. The lowest BCUT2D eigenvalue weighted by atomic mass is 10.0. The van der Waals surface area contributed by atoms with Crippen LogP contribution in [-0.4, -0.2) is 54.2 Å². The minimum atomic E-state index is -0.102. The van der Waals surface area contributed by atoms with Gasteiger partial charge >= 0.3 is 0 Å². The molecule has 0 aliphatic carbocycles. The van der Waals surface area contributed by atoms with E-state index >= 15 is 0 Å². The molecule has 3 heterocycles. The number of rotatable bonds is 4. The molecular weight excluding hydrogens is 268 g/mol. The molecule has 116 valence electrons. The summed E-state index contributed by atoms with van der Waals surface area (Å²) in [5.74, 6) is 1.39. The second kappa shape index (κ2) is 6.58. The fourth-order valence-electron chi connectivity index (χ4n) is 3.43. The Hall–Kier alpha value is -1.40. The van der Waals surface area contributed by atoms with Crippen molar-refractivity contribution in [2.75, 3.05) is 38.2 Å². The molecule has 6 nitrogen and oxygen atoms in total. The Bertz CT molecular complexity index is 525. The highest BCUT2D eigenvalue weighted by Gasteiger charge is 2.27. The Morgan fingerprint density at radius 1 is 1.33 bits per heavy atom. The summed E-state index contributed by atoms with van der Waals surface area (Å²) in [6.07, 6.45) is 5.05. The van der Waals surface area contributed by atoms with E-state index in [2.05, 4.69) is 19.8 Å². The first-order chi connectivity index (χ1) is 10.3. The van der Waals surface area contributed by atoms with Crippen LogP contribution in [0.1, 0.15) is 31.5 Å². The molecule has 1 atom stereocenters. The van der Waals surface area contributed by atoms with Crippen LogP contribution in [0.4, 0.5) is 5.82 Å². The van der Waals surface area contributed by atoms with E-state index in [4.69, 9.17) is 4.74 Å². The molecular formula is C15H24N4O2. The molecule has 2 aliphatic rings. The molecule has 2 fully saturated rings. The van der Waals surface area contributed by atoms with Crippen LogP contribution in [0.5, 0.6) is 0 Å². The lowest BCUT2D eigenvalue weighted by molar-refractivity contribution is 0.177. The molecule has 0 bridgehead atoms. The number of hydrogen-bond acceptors (Lipinski definition) is 5. The van der Waals surface area contributed by atoms with E-state index < -0.39 is 0 Å². The normalized spacial score (nSPS) is 23.7. The Morgan fingerprint density at radius 2 is 2.14 bits per heavy atom. The van der Waals surface area contributed by atoms with Crippen molar-refractivity contribution >= 4 is 5.82 Å². The van der Waals surface area contributed by atoms with E-state index in [0.29, 0.717) is 18.5 Å². The number of nitrogens with zero attached hydrogens (tertiary/aromatic N) is 3. The lowest BCUT2D eigenvalue weighted by Crippen LogP contribution is -2.47. The van der Waals surface area contributed by atoms with Gasteiger partial charge in [-0.25, -0.2) is 4.98 Å². The summed E-state index contributed by atoms with van der Waals surface area (Å²) >= 11 is 0. The van der Waals surface area contributed by atoms with Crippen molar-refractivity contribution in [1.82, 2.24) is 14.9 Å². The molecule has 21 heavy (non-hydrogen) atoms. The zero-order chi connectivity index (χ0) is 14.7. The maximum absolute atomic E-state index is 11.8. The molecule has 2 aliphatic heterocycles. The fourth-order valence-corrected chi connectivity index (χ4v) is 3.43. The van der Waals surface area contributed by atoms with Gasteiger partial charge in [0.05, 0.1) is 0 Å². The number of hydrogen-bond donors (Lipinski definition) is 1. The van der Waals surface area contributed by atoms with E-state index in [1.165, 1.54) is 32.4 Å². The highest BCUT2D eigenvalue weighted by atomic mass is 16.5. The number of likely N-dealkylation sites (tertiary alicyclic amines) is 1. The maximum atomic E-state index is 11.8. The van der Waals surface area contributed by atoms with Crippen molar-refractivity contribution in [1.29, 1.82) is 0 Å². The monoisotopic (exact) mass is 292 g/mol. The van der Waals surface area contributed by atoms with Gasteiger partial charge in [0, 0.05) is 32.3 Å². The van der Waals surface area contributed by atoms with Crippen LogP contribution in [0, 0.1) is 0 Å². The largest absolute Gasteiger partial charge is 0.377 e. The molecule has 1 unspecified atom stereocenters. The van der Waals surface area contributed by atoms with Crippen LogP contribution in [0.15, 0.2) is 10.9 Å². The summed E-state index contributed by atoms with van der Waals surface area (Å²) in [6.45, 7) is 4.73. The van der Waals surface area contributed by atoms with Crippen molar-refractivity contribution in [2.45, 2.75) is 38.3 Å². The number of anilines is 1. The Labute approximate surface area is 125 Å². The number of aromatic nitrogens is 2. The van der Waals surface area contributed by atoms with E-state index in [1.54, 1.807) is 13.2 Å². The van der Waals surface area contributed by atoms with Gasteiger partial charge in [-0.2, -0.15) is 0 Å². The number of methoxy groups -OCH3 is 1. The van der Waals surface area contributed by atoms with Gasteiger partial charge in [0.1, 0.15) is 18.2 Å². The third-order valence-corrected chi connectivity index (χ3v) is 4.44. The van der Waals surface area contributed by atoms with Gasteiger partial charge in [-0.3, -0.25) is 9.69 Å². The summed E-state index contributed by atoms with van der Waals surface area (Å²) in [4.78, 5) is 23.9. The summed E-state index contributed by atoms with van der Waals surface area (Å²) in [5, 5.41) is 0. The standard InChI is InChI=1S/C15H24N4O2/c1-21-11-13-16-14(9-15(20)17-13)19-8-4-5-12(10-19)18-6-2-3-7-18/h9,12H,2-8,10-11H2,1H3,(H,16,17,20). The van der Waals surface area contributed by atoms with Crippen LogP contribution >= 0.6 is 0 Å². The highest BCUT2D eigenvalue weighted by Crippen LogP contribution is 2.23. The predicted octanol–water partition coefficient (Wildman–Crippen LogP) is 0.981. The Kier molecular flexibility index (Phi) is 4.55. The van der Waals surface area contributed by atoms with E-state index in [-0.39, 0.29) is 5.56 Å². The van der Waals surface area contributed by atoms with Crippen LogP contribution in [0.2, 0.25) is 0 Å². The topological polar surface area (TPSA) is 61.5 Å². The molecule has 2 saturated heterocycles. The molecule has 0 spiro atoms. The van der Waals surface area contributed by atoms with Crippen molar-refractivity contribution in [3.63, 3.8) is 0 Å². The molecule has 0 saturated carbocycles. The summed E-state index contributed by atoms with van der Waals surface area (Å²) in [5.41, 5.74) is -0.102. The highest BCUT2D eigenvalue weighted by molar-refractivity contribution is 5.38. The van der Waals surface area contributed by atoms with Crippen molar-refractivity contribution in [3.05, 3.63) is 22.2 Å². The Balaban J connectivity index is 1.74. The minimum Gasteiger partial charge on any atom is -0.377 e. The zero-order valence-corrected chi connectivity index (χ0v) is 12.7. The first-order valence-electron chi connectivity index (χ1n) is 7.84. The van der Waals surface area contributed by atoms with Crippen molar-refractivity contribution < 1.29 is 4.74 Å². The number of H-pyrrole nitrogens is 1. The molecule has 1 N–H and O–H groups in total. The summed E-state index contributed by atoms with van der Waals surface area (Å²) in [6, 6.07) is 2.21. The first kappa shape index (κ1) is 14.5. The van der Waals surface area contributed by atoms with Crippen molar-refractivity contribution in [3.8, 4) is 0 Å². The fraction of sp³-hybridized carbons (Fsp3) is 0.733. The average Bonchev–Trinajstić information content (AvgIpc) is 3.01. The molecule has 0 radical (unpaired) electrons. The third kappa shape index (κ3) is 3.44.